The van der Waals surface area contributed by atoms with Crippen LogP contribution in [-0.2, 0) is 0 Å². The number of phenolic OH excluding ortho intramolecular Hbond substituents is 1. The van der Waals surface area contributed by atoms with Crippen molar-refractivity contribution < 1.29 is 5.11 Å². The second-order valence-electron chi connectivity index (χ2n) is 7.90. The Kier molecular flexibility index (Phi) is 5.64. The molecule has 0 heterocycles. The van der Waals surface area contributed by atoms with Crippen molar-refractivity contribution in [2.24, 2.45) is 0 Å². The Bertz CT molecular complexity index is 901. The van der Waals surface area contributed by atoms with Gasteiger partial charge in [-0.1, -0.05) is 24.3 Å². The Morgan fingerprint density at radius 3 is 1.43 bits per heavy atom. The van der Waals surface area contributed by atoms with Crippen molar-refractivity contribution in [2.75, 3.05) is 38.0 Å². The molecule has 0 saturated carbocycles. The van der Waals surface area contributed by atoms with Crippen LogP contribution in [-0.4, -0.2) is 33.3 Å². The monoisotopic (exact) mass is 374 g/mol. The normalized spacial score (nSPS) is 11.0. The van der Waals surface area contributed by atoms with E-state index in [2.05, 4.69) is 88.2 Å². The summed E-state index contributed by atoms with van der Waals surface area (Å²) in [6.07, 6.45) is 0. The van der Waals surface area contributed by atoms with Crippen molar-refractivity contribution in [3.8, 4) is 5.75 Å². The lowest BCUT2D eigenvalue weighted by Crippen LogP contribution is -2.12. The molecule has 28 heavy (non-hydrogen) atoms. The second kappa shape index (κ2) is 7.97. The summed E-state index contributed by atoms with van der Waals surface area (Å²) in [6, 6.07) is 20.9. The fraction of sp³-hybridized carbons (Fsp3) is 0.280. The Balaban J connectivity index is 2.18. The van der Waals surface area contributed by atoms with E-state index in [4.69, 9.17) is 0 Å². The van der Waals surface area contributed by atoms with Gasteiger partial charge in [0.15, 0.2) is 0 Å². The van der Waals surface area contributed by atoms with Gasteiger partial charge >= 0.3 is 0 Å². The molecular weight excluding hydrogens is 344 g/mol. The summed E-state index contributed by atoms with van der Waals surface area (Å²) in [5.74, 6) is 0.412. The van der Waals surface area contributed by atoms with Crippen LogP contribution in [0.2, 0.25) is 0 Å². The Morgan fingerprint density at radius 2 is 1.07 bits per heavy atom. The maximum absolute atomic E-state index is 9.77. The SMILES string of the molecule is Cc1cc(N(C)C)ccc1C(c1ccc(O)cc1)c1ccc(N(C)C)cc1C. The second-order valence-corrected chi connectivity index (χ2v) is 7.90. The van der Waals surface area contributed by atoms with Crippen LogP contribution in [0.15, 0.2) is 60.7 Å². The molecule has 0 unspecified atom stereocenters. The number of aromatic hydroxyl groups is 1. The molecule has 0 aliphatic heterocycles. The molecule has 0 saturated heterocycles. The summed E-state index contributed by atoms with van der Waals surface area (Å²) in [5, 5.41) is 9.77. The molecule has 0 radical (unpaired) electrons. The van der Waals surface area contributed by atoms with Crippen molar-refractivity contribution in [3.05, 3.63) is 88.5 Å². The molecular formula is C25H30N2O. The first-order chi connectivity index (χ1) is 13.3. The molecule has 3 nitrogen and oxygen atoms in total. The molecule has 0 atom stereocenters. The van der Waals surface area contributed by atoms with Gasteiger partial charge in [-0.3, -0.25) is 0 Å². The van der Waals surface area contributed by atoms with Crippen LogP contribution in [0.25, 0.3) is 0 Å². The maximum Gasteiger partial charge on any atom is 0.115 e. The lowest BCUT2D eigenvalue weighted by atomic mass is 9.81. The molecule has 0 spiro atoms. The molecule has 3 aromatic rings. The summed E-state index contributed by atoms with van der Waals surface area (Å²) < 4.78 is 0. The number of phenols is 1. The average molecular weight is 375 g/mol. The van der Waals surface area contributed by atoms with E-state index >= 15 is 0 Å². The summed E-state index contributed by atoms with van der Waals surface area (Å²) in [7, 11) is 8.26. The van der Waals surface area contributed by atoms with Crippen molar-refractivity contribution in [3.63, 3.8) is 0 Å². The Labute approximate surface area is 168 Å². The summed E-state index contributed by atoms with van der Waals surface area (Å²) in [6.45, 7) is 4.36. The maximum atomic E-state index is 9.77. The van der Waals surface area contributed by atoms with Crippen LogP contribution < -0.4 is 9.80 Å². The smallest absolute Gasteiger partial charge is 0.115 e. The van der Waals surface area contributed by atoms with Crippen LogP contribution in [0.1, 0.15) is 33.7 Å². The van der Waals surface area contributed by atoms with Crippen LogP contribution in [0.4, 0.5) is 11.4 Å². The largest absolute Gasteiger partial charge is 0.508 e. The van der Waals surface area contributed by atoms with Gasteiger partial charge in [-0.05, 0) is 78.1 Å². The van der Waals surface area contributed by atoms with Gasteiger partial charge in [-0.25, -0.2) is 0 Å². The molecule has 3 heteroatoms. The fourth-order valence-electron chi connectivity index (χ4n) is 3.72. The van der Waals surface area contributed by atoms with Gasteiger partial charge in [0.25, 0.3) is 0 Å². The molecule has 1 N–H and O–H groups in total. The number of hydrogen-bond acceptors (Lipinski definition) is 3. The van der Waals surface area contributed by atoms with E-state index in [0.717, 1.165) is 0 Å². The summed E-state index contributed by atoms with van der Waals surface area (Å²) in [5.41, 5.74) is 8.68. The van der Waals surface area contributed by atoms with Gasteiger partial charge in [0.2, 0.25) is 0 Å². The van der Waals surface area contributed by atoms with Crippen LogP contribution in [0, 0.1) is 13.8 Å². The first kappa shape index (κ1) is 19.8. The topological polar surface area (TPSA) is 26.7 Å². The highest BCUT2D eigenvalue weighted by Gasteiger charge is 2.21. The van der Waals surface area contributed by atoms with Crippen molar-refractivity contribution >= 4 is 11.4 Å². The molecule has 0 amide bonds. The Morgan fingerprint density at radius 1 is 0.643 bits per heavy atom. The number of hydrogen-bond donors (Lipinski definition) is 1. The lowest BCUT2D eigenvalue weighted by Gasteiger charge is -2.25. The van der Waals surface area contributed by atoms with Crippen LogP contribution in [0.3, 0.4) is 0 Å². The minimum atomic E-state index is 0.119. The predicted molar refractivity (Wildman–Crippen MR) is 120 cm³/mol. The first-order valence-corrected chi connectivity index (χ1v) is 9.62. The van der Waals surface area contributed by atoms with Crippen molar-refractivity contribution in [1.82, 2.24) is 0 Å². The third-order valence-electron chi connectivity index (χ3n) is 5.39. The van der Waals surface area contributed by atoms with Crippen molar-refractivity contribution in [2.45, 2.75) is 19.8 Å². The van der Waals surface area contributed by atoms with Gasteiger partial charge in [-0.15, -0.1) is 0 Å². The van der Waals surface area contributed by atoms with Crippen LogP contribution in [0.5, 0.6) is 5.75 Å². The molecule has 3 rings (SSSR count). The highest BCUT2D eigenvalue weighted by Crippen LogP contribution is 2.38. The summed E-state index contributed by atoms with van der Waals surface area (Å²) >= 11 is 0. The molecule has 0 bridgehead atoms. The number of anilines is 2. The van der Waals surface area contributed by atoms with E-state index in [1.54, 1.807) is 12.1 Å². The zero-order valence-corrected chi connectivity index (χ0v) is 17.7. The molecule has 146 valence electrons. The molecule has 0 aromatic heterocycles. The number of benzene rings is 3. The average Bonchev–Trinajstić information content (AvgIpc) is 2.65. The standard InChI is InChI=1S/C25H30N2O/c1-17-15-20(26(3)4)9-13-23(17)25(19-7-11-22(28)12-8-19)24-14-10-21(27(5)6)16-18(24)2/h7-16,25,28H,1-6H3. The molecule has 3 aromatic carbocycles. The predicted octanol–water partition coefficient (Wildman–Crippen LogP) is 5.32. The Hall–Kier alpha value is -2.94. The summed E-state index contributed by atoms with van der Waals surface area (Å²) in [4.78, 5) is 4.26. The zero-order chi connectivity index (χ0) is 20.4. The van der Waals surface area contributed by atoms with E-state index in [0.29, 0.717) is 5.75 Å². The van der Waals surface area contributed by atoms with Gasteiger partial charge in [0, 0.05) is 45.5 Å². The van der Waals surface area contributed by atoms with E-state index in [9.17, 15) is 5.11 Å². The lowest BCUT2D eigenvalue weighted by molar-refractivity contribution is 0.475. The van der Waals surface area contributed by atoms with E-state index in [1.165, 1.54) is 39.2 Å². The third kappa shape index (κ3) is 3.99. The first-order valence-electron chi connectivity index (χ1n) is 9.62. The minimum Gasteiger partial charge on any atom is -0.508 e. The quantitative estimate of drug-likeness (QED) is 0.612. The highest BCUT2D eigenvalue weighted by atomic mass is 16.3. The van der Waals surface area contributed by atoms with Crippen LogP contribution >= 0.6 is 0 Å². The van der Waals surface area contributed by atoms with Gasteiger partial charge in [0.1, 0.15) is 5.75 Å². The zero-order valence-electron chi connectivity index (χ0n) is 17.7. The van der Waals surface area contributed by atoms with Crippen molar-refractivity contribution in [1.29, 1.82) is 0 Å². The number of nitrogens with zero attached hydrogens (tertiary/aromatic N) is 2. The molecule has 0 aliphatic carbocycles. The minimum absolute atomic E-state index is 0.119. The fourth-order valence-corrected chi connectivity index (χ4v) is 3.72. The van der Waals surface area contributed by atoms with E-state index in [-0.39, 0.29) is 5.92 Å². The number of rotatable bonds is 5. The van der Waals surface area contributed by atoms with E-state index < -0.39 is 0 Å². The van der Waals surface area contributed by atoms with Gasteiger partial charge in [-0.2, -0.15) is 0 Å². The van der Waals surface area contributed by atoms with E-state index in [1.807, 2.05) is 12.1 Å². The number of aryl methyl sites for hydroxylation is 2. The highest BCUT2D eigenvalue weighted by molar-refractivity contribution is 5.58. The molecule has 0 aliphatic rings. The third-order valence-corrected chi connectivity index (χ3v) is 5.39. The van der Waals surface area contributed by atoms with Gasteiger partial charge in [0.05, 0.1) is 0 Å². The molecule has 0 fully saturated rings. The van der Waals surface area contributed by atoms with Gasteiger partial charge < -0.3 is 14.9 Å².